The second-order valence-corrected chi connectivity index (χ2v) is 3.59. The number of carbonyl (C=O) groups is 2. The van der Waals surface area contributed by atoms with E-state index in [1.165, 1.54) is 14.0 Å². The first-order valence-electron chi connectivity index (χ1n) is 4.27. The number of esters is 1. The zero-order chi connectivity index (χ0) is 11.9. The van der Waals surface area contributed by atoms with Gasteiger partial charge in [-0.1, -0.05) is 0 Å². The molecule has 0 bridgehead atoms. The summed E-state index contributed by atoms with van der Waals surface area (Å²) in [5.74, 6) is -2.96. The minimum absolute atomic E-state index is 0.624. The molecule has 0 radical (unpaired) electrons. The van der Waals surface area contributed by atoms with Crippen LogP contribution in [0, 0.1) is 5.92 Å². The third kappa shape index (κ3) is 7.54. The van der Waals surface area contributed by atoms with E-state index in [1.54, 1.807) is 20.8 Å². The van der Waals surface area contributed by atoms with Crippen LogP contribution in [0.3, 0.4) is 0 Å². The van der Waals surface area contributed by atoms with Crippen LogP contribution in [0.2, 0.25) is 0 Å². The Morgan fingerprint density at radius 3 is 1.86 bits per heavy atom. The molecular formula is C9H19NO4. The van der Waals surface area contributed by atoms with E-state index >= 15 is 0 Å². The van der Waals surface area contributed by atoms with Crippen molar-refractivity contribution in [3.8, 4) is 0 Å². The number of nitrogens with two attached hydrogens (primary N) is 1. The van der Waals surface area contributed by atoms with E-state index in [0.717, 1.165) is 0 Å². The van der Waals surface area contributed by atoms with Crippen molar-refractivity contribution in [3.05, 3.63) is 0 Å². The SMILES string of the molecule is CC(C(=O)O)C(=O)OC(C)(C)C.CN. The van der Waals surface area contributed by atoms with Gasteiger partial charge in [-0.15, -0.1) is 0 Å². The summed E-state index contributed by atoms with van der Waals surface area (Å²) in [7, 11) is 1.50. The summed E-state index contributed by atoms with van der Waals surface area (Å²) in [5.41, 5.74) is 3.88. The fraction of sp³-hybridized carbons (Fsp3) is 0.778. The molecule has 0 aromatic carbocycles. The molecule has 0 spiro atoms. The van der Waals surface area contributed by atoms with Gasteiger partial charge in [-0.05, 0) is 34.7 Å². The van der Waals surface area contributed by atoms with Gasteiger partial charge >= 0.3 is 11.9 Å². The van der Waals surface area contributed by atoms with Crippen molar-refractivity contribution in [1.29, 1.82) is 0 Å². The Hall–Kier alpha value is -1.10. The Morgan fingerprint density at radius 1 is 1.29 bits per heavy atom. The number of carboxylic acid groups (broad SMARTS) is 1. The Balaban J connectivity index is 0. The van der Waals surface area contributed by atoms with Gasteiger partial charge in [0.15, 0.2) is 5.92 Å². The van der Waals surface area contributed by atoms with E-state index in [1.807, 2.05) is 0 Å². The summed E-state index contributed by atoms with van der Waals surface area (Å²) in [6, 6.07) is 0. The lowest BCUT2D eigenvalue weighted by molar-refractivity contribution is -0.165. The first-order valence-corrected chi connectivity index (χ1v) is 4.27. The Morgan fingerprint density at radius 2 is 1.64 bits per heavy atom. The molecule has 0 rings (SSSR count). The third-order valence-corrected chi connectivity index (χ3v) is 1.13. The summed E-state index contributed by atoms with van der Waals surface area (Å²) in [6.45, 7) is 6.38. The molecule has 5 nitrogen and oxygen atoms in total. The predicted octanol–water partition coefficient (Wildman–Crippen LogP) is 0.624. The normalized spacial score (nSPS) is 12.1. The second-order valence-electron chi connectivity index (χ2n) is 3.59. The zero-order valence-electron chi connectivity index (χ0n) is 9.33. The van der Waals surface area contributed by atoms with Crippen molar-refractivity contribution in [2.75, 3.05) is 7.05 Å². The number of carbonyl (C=O) groups excluding carboxylic acids is 1. The van der Waals surface area contributed by atoms with Gasteiger partial charge in [0.05, 0.1) is 0 Å². The highest BCUT2D eigenvalue weighted by Gasteiger charge is 2.26. The molecule has 1 unspecified atom stereocenters. The van der Waals surface area contributed by atoms with Gasteiger partial charge in [-0.2, -0.15) is 0 Å². The minimum atomic E-state index is -1.16. The van der Waals surface area contributed by atoms with E-state index < -0.39 is 23.5 Å². The van der Waals surface area contributed by atoms with Crippen molar-refractivity contribution >= 4 is 11.9 Å². The molecule has 0 aliphatic rings. The first kappa shape index (κ1) is 15.4. The highest BCUT2D eigenvalue weighted by Crippen LogP contribution is 2.10. The van der Waals surface area contributed by atoms with E-state index in [4.69, 9.17) is 9.84 Å². The Kier molecular flexibility index (Phi) is 6.99. The standard InChI is InChI=1S/C8H14O4.CH5N/c1-5(6(9)10)7(11)12-8(2,3)4;1-2/h5H,1-4H3,(H,9,10);2H2,1H3. The van der Waals surface area contributed by atoms with Gasteiger partial charge in [0.1, 0.15) is 5.60 Å². The summed E-state index contributed by atoms with van der Waals surface area (Å²) in [5, 5.41) is 8.45. The monoisotopic (exact) mass is 205 g/mol. The fourth-order valence-electron chi connectivity index (χ4n) is 0.491. The highest BCUT2D eigenvalue weighted by molar-refractivity contribution is 5.93. The quantitative estimate of drug-likeness (QED) is 0.509. The number of ether oxygens (including phenoxy) is 1. The van der Waals surface area contributed by atoms with Gasteiger partial charge in [0.2, 0.25) is 0 Å². The maximum atomic E-state index is 11.0. The molecular weight excluding hydrogens is 186 g/mol. The minimum Gasteiger partial charge on any atom is -0.481 e. The van der Waals surface area contributed by atoms with Crippen molar-refractivity contribution in [2.45, 2.75) is 33.3 Å². The topological polar surface area (TPSA) is 89.6 Å². The van der Waals surface area contributed by atoms with E-state index in [2.05, 4.69) is 5.73 Å². The Bertz CT molecular complexity index is 195. The molecule has 0 fully saturated rings. The molecule has 0 aromatic rings. The van der Waals surface area contributed by atoms with E-state index in [9.17, 15) is 9.59 Å². The number of rotatable bonds is 2. The molecule has 0 aromatic heterocycles. The third-order valence-electron chi connectivity index (χ3n) is 1.13. The molecule has 0 saturated heterocycles. The van der Waals surface area contributed by atoms with E-state index in [0.29, 0.717) is 0 Å². The number of hydrogen-bond donors (Lipinski definition) is 2. The summed E-state index contributed by atoms with van der Waals surface area (Å²) < 4.78 is 4.84. The Labute approximate surface area is 84.2 Å². The van der Waals surface area contributed by atoms with Crippen LogP contribution in [0.5, 0.6) is 0 Å². The summed E-state index contributed by atoms with van der Waals surface area (Å²) in [6.07, 6.45) is 0. The maximum Gasteiger partial charge on any atom is 0.320 e. The lowest BCUT2D eigenvalue weighted by Crippen LogP contribution is -2.31. The molecule has 3 N–H and O–H groups in total. The van der Waals surface area contributed by atoms with Crippen LogP contribution in [0.4, 0.5) is 0 Å². The molecule has 0 aliphatic heterocycles. The van der Waals surface area contributed by atoms with E-state index in [-0.39, 0.29) is 0 Å². The lowest BCUT2D eigenvalue weighted by atomic mass is 10.1. The molecule has 5 heteroatoms. The maximum absolute atomic E-state index is 11.0. The van der Waals surface area contributed by atoms with Crippen molar-refractivity contribution in [3.63, 3.8) is 0 Å². The van der Waals surface area contributed by atoms with Gasteiger partial charge in [-0.3, -0.25) is 9.59 Å². The molecule has 1 atom stereocenters. The number of carboxylic acids is 1. The average molecular weight is 205 g/mol. The second kappa shape index (κ2) is 6.37. The first-order chi connectivity index (χ1) is 6.24. The smallest absolute Gasteiger partial charge is 0.320 e. The molecule has 0 aliphatic carbocycles. The molecule has 14 heavy (non-hydrogen) atoms. The summed E-state index contributed by atoms with van der Waals surface area (Å²) >= 11 is 0. The molecule has 0 amide bonds. The molecule has 0 saturated carbocycles. The van der Waals surface area contributed by atoms with Crippen LogP contribution >= 0.6 is 0 Å². The van der Waals surface area contributed by atoms with Crippen LogP contribution in [-0.4, -0.2) is 29.7 Å². The molecule has 84 valence electrons. The predicted molar refractivity (Wildman–Crippen MR) is 52.8 cm³/mol. The van der Waals surface area contributed by atoms with Crippen LogP contribution in [0.15, 0.2) is 0 Å². The van der Waals surface area contributed by atoms with Gasteiger partial charge in [-0.25, -0.2) is 0 Å². The van der Waals surface area contributed by atoms with Crippen LogP contribution in [0.1, 0.15) is 27.7 Å². The fourth-order valence-corrected chi connectivity index (χ4v) is 0.491. The largest absolute Gasteiger partial charge is 0.481 e. The van der Waals surface area contributed by atoms with Gasteiger partial charge in [0.25, 0.3) is 0 Å². The van der Waals surface area contributed by atoms with Gasteiger partial charge in [0, 0.05) is 0 Å². The van der Waals surface area contributed by atoms with Crippen molar-refractivity contribution in [2.24, 2.45) is 11.7 Å². The zero-order valence-corrected chi connectivity index (χ0v) is 9.33. The highest BCUT2D eigenvalue weighted by atomic mass is 16.6. The van der Waals surface area contributed by atoms with Crippen molar-refractivity contribution < 1.29 is 19.4 Å². The van der Waals surface area contributed by atoms with Crippen LogP contribution in [-0.2, 0) is 14.3 Å². The van der Waals surface area contributed by atoms with Crippen molar-refractivity contribution in [1.82, 2.24) is 0 Å². The number of hydrogen-bond acceptors (Lipinski definition) is 4. The van der Waals surface area contributed by atoms with Crippen LogP contribution in [0.25, 0.3) is 0 Å². The molecule has 0 heterocycles. The number of aliphatic carboxylic acids is 1. The summed E-state index contributed by atoms with van der Waals surface area (Å²) in [4.78, 5) is 21.3. The lowest BCUT2D eigenvalue weighted by Gasteiger charge is -2.20. The average Bonchev–Trinajstić information content (AvgIpc) is 2.03. The van der Waals surface area contributed by atoms with Crippen LogP contribution < -0.4 is 5.73 Å². The van der Waals surface area contributed by atoms with Gasteiger partial charge < -0.3 is 15.6 Å².